The van der Waals surface area contributed by atoms with E-state index in [1.165, 1.54) is 7.11 Å². The highest BCUT2D eigenvalue weighted by Crippen LogP contribution is 2.76. The van der Waals surface area contributed by atoms with Crippen LogP contribution >= 0.6 is 0 Å². The summed E-state index contributed by atoms with van der Waals surface area (Å²) in [6, 6.07) is 0. The van der Waals surface area contributed by atoms with Crippen LogP contribution in [0.2, 0.25) is 0 Å². The van der Waals surface area contributed by atoms with Gasteiger partial charge in [-0.15, -0.1) is 0 Å². The minimum absolute atomic E-state index is 0.0187. The molecule has 4 saturated carbocycles. The maximum absolute atomic E-state index is 13.4. The van der Waals surface area contributed by atoms with Gasteiger partial charge in [0.2, 0.25) is 0 Å². The Kier molecular flexibility index (Phi) is 6.01. The summed E-state index contributed by atoms with van der Waals surface area (Å²) < 4.78 is 5.39. The van der Waals surface area contributed by atoms with Crippen molar-refractivity contribution in [2.75, 3.05) is 7.11 Å². The van der Waals surface area contributed by atoms with Crippen molar-refractivity contribution in [1.82, 2.24) is 0 Å². The third kappa shape index (κ3) is 3.16. The number of esters is 1. The summed E-state index contributed by atoms with van der Waals surface area (Å²) >= 11 is 0. The maximum atomic E-state index is 13.4. The first-order valence-electron chi connectivity index (χ1n) is 14.5. The number of aliphatic hydroxyl groups excluding tert-OH is 3. The van der Waals surface area contributed by atoms with Crippen LogP contribution in [0.25, 0.3) is 0 Å². The number of carbonyl (C=O) groups excluding carboxylic acids is 1. The molecule has 0 amide bonds. The molecule has 5 aliphatic carbocycles. The number of fused-ring (bicyclic) bond motifs is 7. The molecule has 0 aliphatic heterocycles. The summed E-state index contributed by atoms with van der Waals surface area (Å²) in [6.07, 6.45) is 4.79. The highest BCUT2D eigenvalue weighted by Gasteiger charge is 2.73. The van der Waals surface area contributed by atoms with Crippen LogP contribution in [0, 0.1) is 50.7 Å². The van der Waals surface area contributed by atoms with Gasteiger partial charge in [-0.2, -0.15) is 0 Å². The van der Waals surface area contributed by atoms with Crippen LogP contribution in [0.5, 0.6) is 0 Å². The third-order valence-corrected chi connectivity index (χ3v) is 13.5. The van der Waals surface area contributed by atoms with Crippen molar-refractivity contribution in [3.05, 3.63) is 11.6 Å². The Bertz CT molecular complexity index is 1000. The molecule has 4 N–H and O–H groups in total. The van der Waals surface area contributed by atoms with E-state index in [4.69, 9.17) is 4.74 Å². The molecular formula is C31H50O6. The van der Waals surface area contributed by atoms with Gasteiger partial charge in [0.05, 0.1) is 36.4 Å². The first-order chi connectivity index (χ1) is 16.9. The second kappa shape index (κ2) is 8.05. The fourth-order valence-corrected chi connectivity index (χ4v) is 11.3. The van der Waals surface area contributed by atoms with Crippen LogP contribution in [-0.4, -0.2) is 57.4 Å². The molecule has 0 bridgehead atoms. The minimum atomic E-state index is -1.10. The highest BCUT2D eigenvalue weighted by molar-refractivity contribution is 5.79. The number of carbonyl (C=O) groups is 1. The standard InChI is InChI=1S/C31H50O6/c1-17-9-12-31(25(35)37-8)14-13-28(5)18(22(31)30(17,7)36)15-19(32)23-27(4)16-20(33)24(34)26(2,3)21(27)10-11-29(23,28)6/h15,17,19-24,32-34,36H,9-14,16H2,1-8H3/t17-,19-,20-,21+,22-,23-,24+,27+,28-,29-,30-,31+/m1/s1. The zero-order valence-corrected chi connectivity index (χ0v) is 24.2. The zero-order chi connectivity index (χ0) is 27.6. The second-order valence-electron chi connectivity index (χ2n) is 15.2. The van der Waals surface area contributed by atoms with Gasteiger partial charge in [0.25, 0.3) is 0 Å². The molecule has 0 aromatic heterocycles. The predicted octanol–water partition coefficient (Wildman–Crippen LogP) is 4.23. The summed E-state index contributed by atoms with van der Waals surface area (Å²) in [7, 11) is 1.45. The zero-order valence-electron chi connectivity index (χ0n) is 24.2. The minimum Gasteiger partial charge on any atom is -0.469 e. The van der Waals surface area contributed by atoms with Crippen LogP contribution in [0.1, 0.15) is 93.4 Å². The average Bonchev–Trinajstić information content (AvgIpc) is 2.80. The van der Waals surface area contributed by atoms with Crippen molar-refractivity contribution in [3.8, 4) is 0 Å². The molecule has 0 aromatic rings. The van der Waals surface area contributed by atoms with Gasteiger partial charge in [0, 0.05) is 11.8 Å². The molecule has 6 heteroatoms. The molecule has 12 atom stereocenters. The van der Waals surface area contributed by atoms with Gasteiger partial charge < -0.3 is 25.2 Å². The van der Waals surface area contributed by atoms with Crippen molar-refractivity contribution in [2.24, 2.45) is 50.7 Å². The summed E-state index contributed by atoms with van der Waals surface area (Å²) in [5, 5.41) is 46.0. The quantitative estimate of drug-likeness (QED) is 0.306. The van der Waals surface area contributed by atoms with Crippen molar-refractivity contribution in [1.29, 1.82) is 0 Å². The largest absolute Gasteiger partial charge is 0.469 e. The Morgan fingerprint density at radius 1 is 0.973 bits per heavy atom. The van der Waals surface area contributed by atoms with Crippen LogP contribution in [0.3, 0.4) is 0 Å². The van der Waals surface area contributed by atoms with Gasteiger partial charge in [-0.25, -0.2) is 0 Å². The topological polar surface area (TPSA) is 107 Å². The molecule has 210 valence electrons. The summed E-state index contributed by atoms with van der Waals surface area (Å²) in [4.78, 5) is 13.4. The van der Waals surface area contributed by atoms with Gasteiger partial charge in [0.1, 0.15) is 0 Å². The first kappa shape index (κ1) is 27.6. The van der Waals surface area contributed by atoms with Gasteiger partial charge in [-0.05, 0) is 85.4 Å². The molecular weight excluding hydrogens is 468 g/mol. The number of methoxy groups -OCH3 is 1. The Balaban J connectivity index is 1.69. The van der Waals surface area contributed by atoms with Gasteiger partial charge in [-0.3, -0.25) is 4.79 Å². The normalized spacial score (nSPS) is 56.6. The van der Waals surface area contributed by atoms with Crippen molar-refractivity contribution in [3.63, 3.8) is 0 Å². The van der Waals surface area contributed by atoms with Gasteiger partial charge >= 0.3 is 5.97 Å². The van der Waals surface area contributed by atoms with E-state index in [9.17, 15) is 25.2 Å². The molecule has 0 heterocycles. The number of hydrogen-bond acceptors (Lipinski definition) is 6. The molecule has 4 fully saturated rings. The smallest absolute Gasteiger partial charge is 0.312 e. The molecule has 0 unspecified atom stereocenters. The number of aliphatic hydroxyl groups is 4. The second-order valence-corrected chi connectivity index (χ2v) is 15.2. The van der Waals surface area contributed by atoms with E-state index in [0.717, 1.165) is 31.3 Å². The van der Waals surface area contributed by atoms with Crippen LogP contribution in [0.4, 0.5) is 0 Å². The van der Waals surface area contributed by atoms with E-state index in [1.54, 1.807) is 0 Å². The third-order valence-electron chi connectivity index (χ3n) is 13.5. The van der Waals surface area contributed by atoms with E-state index in [2.05, 4.69) is 41.5 Å². The van der Waals surface area contributed by atoms with Crippen LogP contribution < -0.4 is 0 Å². The number of hydrogen-bond donors (Lipinski definition) is 4. The lowest BCUT2D eigenvalue weighted by atomic mass is 9.32. The maximum Gasteiger partial charge on any atom is 0.312 e. The predicted molar refractivity (Wildman–Crippen MR) is 141 cm³/mol. The van der Waals surface area contributed by atoms with E-state index < -0.39 is 40.7 Å². The van der Waals surface area contributed by atoms with E-state index in [-0.39, 0.29) is 40.0 Å². The Labute approximate surface area is 222 Å². The average molecular weight is 519 g/mol. The molecule has 5 aliphatic rings. The monoisotopic (exact) mass is 518 g/mol. The summed E-state index contributed by atoms with van der Waals surface area (Å²) in [5.74, 6) is -0.574. The Morgan fingerprint density at radius 2 is 1.62 bits per heavy atom. The van der Waals surface area contributed by atoms with Crippen molar-refractivity contribution < 1.29 is 30.0 Å². The molecule has 6 nitrogen and oxygen atoms in total. The lowest BCUT2D eigenvalue weighted by Gasteiger charge is -2.72. The van der Waals surface area contributed by atoms with Crippen LogP contribution in [-0.2, 0) is 9.53 Å². The van der Waals surface area contributed by atoms with Crippen molar-refractivity contribution >= 4 is 5.97 Å². The highest BCUT2D eigenvalue weighted by atomic mass is 16.5. The number of ether oxygens (including phenoxy) is 1. The van der Waals surface area contributed by atoms with E-state index in [0.29, 0.717) is 19.3 Å². The molecule has 37 heavy (non-hydrogen) atoms. The van der Waals surface area contributed by atoms with E-state index >= 15 is 0 Å². The van der Waals surface area contributed by atoms with Crippen LogP contribution in [0.15, 0.2) is 11.6 Å². The molecule has 0 spiro atoms. The molecule has 0 aromatic carbocycles. The fourth-order valence-electron chi connectivity index (χ4n) is 11.3. The Morgan fingerprint density at radius 3 is 2.24 bits per heavy atom. The molecule has 0 radical (unpaired) electrons. The van der Waals surface area contributed by atoms with Crippen molar-refractivity contribution in [2.45, 2.75) is 117 Å². The van der Waals surface area contributed by atoms with Gasteiger partial charge in [-0.1, -0.05) is 53.2 Å². The summed E-state index contributed by atoms with van der Waals surface area (Å²) in [6.45, 7) is 14.9. The molecule has 0 saturated heterocycles. The lowest BCUT2D eigenvalue weighted by molar-refractivity contribution is -0.252. The fraction of sp³-hybridized carbons (Fsp3) is 0.903. The summed E-state index contributed by atoms with van der Waals surface area (Å²) in [5.41, 5.74) is -2.29. The van der Waals surface area contributed by atoms with E-state index in [1.807, 2.05) is 13.0 Å². The first-order valence-corrected chi connectivity index (χ1v) is 14.5. The molecule has 5 rings (SSSR count). The Hall–Kier alpha value is -0.950. The lowest BCUT2D eigenvalue weighted by Crippen LogP contribution is -2.71. The SMILES string of the molecule is COC(=O)[C@]12CC[C@@H](C)[C@@](C)(O)[C@H]1C1=C[C@@H](O)[C@@H]3[C@@]4(C)C[C@@H](O)[C@H](O)C(C)(C)[C@@H]4CC[C@@]3(C)[C@]1(C)CC2. The van der Waals surface area contributed by atoms with Gasteiger partial charge in [0.15, 0.2) is 0 Å². The number of rotatable bonds is 1.